The van der Waals surface area contributed by atoms with E-state index in [2.05, 4.69) is 30.5 Å². The van der Waals surface area contributed by atoms with E-state index in [1.807, 2.05) is 32.9 Å². The molecule has 2 amide bonds. The van der Waals surface area contributed by atoms with E-state index in [-0.39, 0.29) is 16.4 Å². The van der Waals surface area contributed by atoms with Gasteiger partial charge < -0.3 is 10.4 Å². The van der Waals surface area contributed by atoms with Gasteiger partial charge in [0, 0.05) is 6.04 Å². The minimum Gasteiger partial charge on any atom is -0.435 e. The van der Waals surface area contributed by atoms with E-state index in [4.69, 9.17) is 0 Å². The Hall–Kier alpha value is -1.66. The maximum atomic E-state index is 13.4. The summed E-state index contributed by atoms with van der Waals surface area (Å²) < 4.78 is -0.146. The molecule has 1 fully saturated rings. The summed E-state index contributed by atoms with van der Waals surface area (Å²) in [6.07, 6.45) is 2.74. The van der Waals surface area contributed by atoms with Crippen molar-refractivity contribution in [3.63, 3.8) is 0 Å². The van der Waals surface area contributed by atoms with Gasteiger partial charge in [0.1, 0.15) is 13.6 Å². The highest BCUT2D eigenvalue weighted by Gasteiger charge is 2.64. The van der Waals surface area contributed by atoms with Gasteiger partial charge in [-0.25, -0.2) is 4.48 Å². The summed E-state index contributed by atoms with van der Waals surface area (Å²) >= 11 is 0. The molecule has 0 spiro atoms. The second kappa shape index (κ2) is 6.74. The summed E-state index contributed by atoms with van der Waals surface area (Å²) in [6.45, 7) is 10.3. The Morgan fingerprint density at radius 2 is 1.89 bits per heavy atom. The van der Waals surface area contributed by atoms with E-state index < -0.39 is 25.7 Å². The molecule has 0 saturated carbocycles. The van der Waals surface area contributed by atoms with Crippen molar-refractivity contribution in [3.05, 3.63) is 35.4 Å². The average molecular weight is 390 g/mol. The van der Waals surface area contributed by atoms with Crippen molar-refractivity contribution >= 4 is 20.1 Å². The van der Waals surface area contributed by atoms with Crippen molar-refractivity contribution in [1.82, 2.24) is 5.32 Å². The number of fused-ring (bicyclic) bond motifs is 1. The minimum absolute atomic E-state index is 0.0107. The zero-order valence-electron chi connectivity index (χ0n) is 17.2. The monoisotopic (exact) mass is 389 g/mol. The molecule has 0 bridgehead atoms. The van der Waals surface area contributed by atoms with Crippen LogP contribution in [0.15, 0.2) is 24.3 Å². The van der Waals surface area contributed by atoms with Crippen LogP contribution in [-0.2, 0) is 11.2 Å². The number of hydrogen-bond donors (Lipinski definition) is 2. The Balaban J connectivity index is 1.92. The fourth-order valence-electron chi connectivity index (χ4n) is 5.19. The fourth-order valence-corrected chi connectivity index (χ4v) is 9.04. The molecular formula is C21H33N2O3Si+. The third-order valence-corrected chi connectivity index (χ3v) is 9.33. The summed E-state index contributed by atoms with van der Waals surface area (Å²) in [6, 6.07) is 8.47. The van der Waals surface area contributed by atoms with Crippen LogP contribution in [0, 0.1) is 0 Å². The van der Waals surface area contributed by atoms with Gasteiger partial charge in [-0.1, -0.05) is 37.4 Å². The molecule has 2 unspecified atom stereocenters. The summed E-state index contributed by atoms with van der Waals surface area (Å²) in [7, 11) is -1.78. The summed E-state index contributed by atoms with van der Waals surface area (Å²) in [5.41, 5.74) is 1.96. The molecule has 1 saturated heterocycles. The van der Waals surface area contributed by atoms with Crippen LogP contribution in [0.3, 0.4) is 0 Å². The molecule has 3 rings (SSSR count). The Morgan fingerprint density at radius 3 is 2.52 bits per heavy atom. The molecule has 27 heavy (non-hydrogen) atoms. The van der Waals surface area contributed by atoms with Crippen LogP contribution >= 0.6 is 0 Å². The number of amides is 2. The number of carboxylic acid groups (broad SMARTS) is 1. The zero-order valence-corrected chi connectivity index (χ0v) is 18.2. The Labute approximate surface area is 163 Å². The number of nitrogens with one attached hydrogen (secondary N) is 1. The van der Waals surface area contributed by atoms with Gasteiger partial charge in [-0.05, 0) is 51.2 Å². The van der Waals surface area contributed by atoms with E-state index >= 15 is 0 Å². The van der Waals surface area contributed by atoms with Crippen molar-refractivity contribution in [2.75, 3.05) is 6.17 Å². The van der Waals surface area contributed by atoms with E-state index in [0.29, 0.717) is 6.17 Å². The molecule has 0 aromatic heterocycles. The summed E-state index contributed by atoms with van der Waals surface area (Å²) in [4.78, 5) is 25.9. The number of nitrogens with zero attached hydrogens (tertiary/aromatic N) is 1. The molecule has 2 N–H and O–H groups in total. The molecule has 1 aliphatic carbocycles. The Morgan fingerprint density at radius 1 is 1.22 bits per heavy atom. The van der Waals surface area contributed by atoms with E-state index in [1.165, 1.54) is 11.1 Å². The molecule has 6 heteroatoms. The first kappa shape index (κ1) is 20.1. The first-order valence-corrected chi connectivity index (χ1v) is 13.4. The molecular weight excluding hydrogens is 356 g/mol. The normalized spacial score (nSPS) is 29.8. The Kier molecular flexibility index (Phi) is 5.01. The average Bonchev–Trinajstić information content (AvgIpc) is 2.88. The number of rotatable bonds is 2. The molecule has 1 aromatic carbocycles. The van der Waals surface area contributed by atoms with E-state index in [0.717, 1.165) is 25.3 Å². The van der Waals surface area contributed by atoms with Crippen LogP contribution in [0.1, 0.15) is 50.8 Å². The van der Waals surface area contributed by atoms with Crippen LogP contribution in [0.4, 0.5) is 4.79 Å². The molecule has 5 nitrogen and oxygen atoms in total. The van der Waals surface area contributed by atoms with E-state index in [1.54, 1.807) is 0 Å². The molecule has 2 aliphatic rings. The zero-order chi connectivity index (χ0) is 20.0. The summed E-state index contributed by atoms with van der Waals surface area (Å²) in [5.74, 6) is -0.0906. The first-order chi connectivity index (χ1) is 12.5. The van der Waals surface area contributed by atoms with Gasteiger partial charge in [0.05, 0.1) is 12.2 Å². The SMILES string of the molecule is CC(C)(C)[N+]1(C(=O)O)C[Si](C)(C)CC1C(=O)N[C@@H]1CCCc2ccccc21. The molecule has 3 atom stereocenters. The van der Waals surface area contributed by atoms with Crippen molar-refractivity contribution in [3.8, 4) is 0 Å². The van der Waals surface area contributed by atoms with Crippen LogP contribution in [0.5, 0.6) is 0 Å². The Bertz CT molecular complexity index is 756. The highest BCUT2D eigenvalue weighted by molar-refractivity contribution is 6.78. The molecule has 1 aromatic rings. The predicted octanol–water partition coefficient (Wildman–Crippen LogP) is 4.10. The van der Waals surface area contributed by atoms with Gasteiger partial charge in [-0.15, -0.1) is 0 Å². The number of carbonyl (C=O) groups excluding carboxylic acids is 1. The van der Waals surface area contributed by atoms with Gasteiger partial charge in [-0.3, -0.25) is 4.79 Å². The largest absolute Gasteiger partial charge is 0.514 e. The summed E-state index contributed by atoms with van der Waals surface area (Å²) in [5, 5.41) is 13.5. The second-order valence-electron chi connectivity index (χ2n) is 10.0. The maximum Gasteiger partial charge on any atom is 0.514 e. The highest BCUT2D eigenvalue weighted by Crippen LogP contribution is 2.42. The molecule has 1 aliphatic heterocycles. The number of carbonyl (C=O) groups is 2. The lowest BCUT2D eigenvalue weighted by Gasteiger charge is -2.45. The first-order valence-electron chi connectivity index (χ1n) is 9.97. The highest BCUT2D eigenvalue weighted by atomic mass is 28.3. The lowest BCUT2D eigenvalue weighted by atomic mass is 9.87. The van der Waals surface area contributed by atoms with Crippen LogP contribution in [-0.4, -0.2) is 47.4 Å². The van der Waals surface area contributed by atoms with Gasteiger partial charge in [-0.2, -0.15) is 4.79 Å². The fraction of sp³-hybridized carbons (Fsp3) is 0.619. The van der Waals surface area contributed by atoms with E-state index in [9.17, 15) is 14.7 Å². The topological polar surface area (TPSA) is 66.4 Å². The lowest BCUT2D eigenvalue weighted by Crippen LogP contribution is -2.69. The lowest BCUT2D eigenvalue weighted by molar-refractivity contribution is -0.901. The molecule has 0 radical (unpaired) electrons. The van der Waals surface area contributed by atoms with Crippen molar-refractivity contribution < 1.29 is 19.2 Å². The number of aryl methyl sites for hydroxylation is 1. The van der Waals surface area contributed by atoms with Crippen LogP contribution in [0.2, 0.25) is 19.1 Å². The molecule has 1 heterocycles. The number of benzene rings is 1. The maximum absolute atomic E-state index is 13.4. The quantitative estimate of drug-likeness (QED) is 0.591. The van der Waals surface area contributed by atoms with Crippen molar-refractivity contribution in [2.45, 2.75) is 76.8 Å². The smallest absolute Gasteiger partial charge is 0.435 e. The van der Waals surface area contributed by atoms with Crippen LogP contribution in [0.25, 0.3) is 0 Å². The van der Waals surface area contributed by atoms with Gasteiger partial charge in [0.2, 0.25) is 0 Å². The third-order valence-electron chi connectivity index (χ3n) is 6.48. The van der Waals surface area contributed by atoms with Crippen LogP contribution < -0.4 is 5.32 Å². The van der Waals surface area contributed by atoms with Crippen molar-refractivity contribution in [2.24, 2.45) is 0 Å². The predicted molar refractivity (Wildman–Crippen MR) is 109 cm³/mol. The number of quaternary nitrogens is 1. The van der Waals surface area contributed by atoms with Gasteiger partial charge >= 0.3 is 6.09 Å². The van der Waals surface area contributed by atoms with Crippen molar-refractivity contribution in [1.29, 1.82) is 0 Å². The van der Waals surface area contributed by atoms with Gasteiger partial charge in [0.25, 0.3) is 5.91 Å². The third kappa shape index (κ3) is 3.45. The second-order valence-corrected chi connectivity index (χ2v) is 15.1. The molecule has 148 valence electrons. The number of hydrogen-bond acceptors (Lipinski definition) is 2. The van der Waals surface area contributed by atoms with Gasteiger partial charge in [0.15, 0.2) is 6.04 Å². The standard InChI is InChI=1S/C21H32N2O3Si/c1-21(2,3)23(20(25)26)14-27(4,5)13-18(23)19(24)22-17-12-8-10-15-9-6-7-11-16(15)17/h6-7,9,11,17-18H,8,10,12-14H2,1-5H3,(H-,22,24,25,26)/p+1/t17-,18?,23?/m1/s1. The minimum atomic E-state index is -1.78.